The lowest BCUT2D eigenvalue weighted by Gasteiger charge is -2.24. The zero-order chi connectivity index (χ0) is 17.5. The molecule has 1 aliphatic rings. The molecule has 1 amide bonds. The van der Waals surface area contributed by atoms with Gasteiger partial charge in [-0.25, -0.2) is 9.18 Å². The van der Waals surface area contributed by atoms with Crippen LogP contribution in [0.4, 0.5) is 4.39 Å². The van der Waals surface area contributed by atoms with Crippen LogP contribution in [0.15, 0.2) is 22.7 Å². The van der Waals surface area contributed by atoms with Crippen molar-refractivity contribution in [2.75, 3.05) is 6.61 Å². The van der Waals surface area contributed by atoms with Gasteiger partial charge in [-0.15, -0.1) is 0 Å². The van der Waals surface area contributed by atoms with E-state index in [0.29, 0.717) is 10.2 Å². The van der Waals surface area contributed by atoms with Crippen molar-refractivity contribution in [2.24, 2.45) is 0 Å². The lowest BCUT2D eigenvalue weighted by atomic mass is 9.95. The maximum Gasteiger partial charge on any atom is 0.344 e. The summed E-state index contributed by atoms with van der Waals surface area (Å²) in [6.07, 6.45) is 4.48. The van der Waals surface area contributed by atoms with Crippen molar-refractivity contribution in [3.05, 3.63) is 28.5 Å². The Kier molecular flexibility index (Phi) is 7.02. The van der Waals surface area contributed by atoms with Gasteiger partial charge in [-0.2, -0.15) is 0 Å². The number of hydrogen-bond acceptors (Lipinski definition) is 4. The molecule has 0 radical (unpaired) electrons. The molecule has 1 atom stereocenters. The van der Waals surface area contributed by atoms with Gasteiger partial charge in [0.25, 0.3) is 5.91 Å². The van der Waals surface area contributed by atoms with Gasteiger partial charge in [0.15, 0.2) is 12.7 Å². The van der Waals surface area contributed by atoms with Crippen LogP contribution < -0.4 is 10.1 Å². The van der Waals surface area contributed by atoms with Gasteiger partial charge in [0.05, 0.1) is 4.47 Å². The van der Waals surface area contributed by atoms with Gasteiger partial charge in [-0.3, -0.25) is 4.79 Å². The third-order valence-corrected chi connectivity index (χ3v) is 4.49. The fraction of sp³-hybridized carbons (Fsp3) is 0.529. The molecule has 0 saturated heterocycles. The number of rotatable bonds is 6. The molecule has 1 aliphatic carbocycles. The Morgan fingerprint density at radius 1 is 1.33 bits per heavy atom. The molecule has 132 valence electrons. The summed E-state index contributed by atoms with van der Waals surface area (Å²) in [6, 6.07) is 4.04. The van der Waals surface area contributed by atoms with Crippen LogP contribution in [0.5, 0.6) is 5.75 Å². The topological polar surface area (TPSA) is 64.6 Å². The van der Waals surface area contributed by atoms with Crippen molar-refractivity contribution in [2.45, 2.75) is 51.2 Å². The minimum Gasteiger partial charge on any atom is -0.481 e. The molecule has 2 rings (SSSR count). The van der Waals surface area contributed by atoms with Gasteiger partial charge in [-0.05, 0) is 53.9 Å². The van der Waals surface area contributed by atoms with E-state index in [1.165, 1.54) is 31.5 Å². The standard InChI is InChI=1S/C17H21BrFNO4/c1-11(17(22)20-13-5-3-2-4-6-13)24-16(21)10-23-15-8-7-12(19)9-14(15)18/h7-9,11,13H,2-6,10H2,1H3,(H,20,22)/t11-/m0/s1. The number of hydrogen-bond donors (Lipinski definition) is 1. The predicted octanol–water partition coefficient (Wildman–Crippen LogP) is 3.35. The Bertz CT molecular complexity index is 590. The highest BCUT2D eigenvalue weighted by Gasteiger charge is 2.22. The van der Waals surface area contributed by atoms with E-state index in [-0.39, 0.29) is 18.6 Å². The predicted molar refractivity (Wildman–Crippen MR) is 90.2 cm³/mol. The van der Waals surface area contributed by atoms with Crippen LogP contribution in [0.1, 0.15) is 39.0 Å². The highest BCUT2D eigenvalue weighted by Crippen LogP contribution is 2.25. The van der Waals surface area contributed by atoms with Crippen molar-refractivity contribution in [3.63, 3.8) is 0 Å². The summed E-state index contributed by atoms with van der Waals surface area (Å²) in [5.74, 6) is -1.03. The summed E-state index contributed by atoms with van der Waals surface area (Å²) in [6.45, 7) is 1.18. The minimum atomic E-state index is -0.875. The molecule has 1 fully saturated rings. The molecule has 0 bridgehead atoms. The largest absolute Gasteiger partial charge is 0.481 e. The second kappa shape index (κ2) is 9.01. The van der Waals surface area contributed by atoms with E-state index < -0.39 is 17.9 Å². The fourth-order valence-corrected chi connectivity index (χ4v) is 3.04. The third-order valence-electron chi connectivity index (χ3n) is 3.87. The van der Waals surface area contributed by atoms with Gasteiger partial charge in [-0.1, -0.05) is 19.3 Å². The van der Waals surface area contributed by atoms with Crippen molar-refractivity contribution in [1.29, 1.82) is 0 Å². The van der Waals surface area contributed by atoms with E-state index in [1.54, 1.807) is 0 Å². The average molecular weight is 402 g/mol. The van der Waals surface area contributed by atoms with Crippen molar-refractivity contribution in [1.82, 2.24) is 5.32 Å². The minimum absolute atomic E-state index is 0.166. The quantitative estimate of drug-likeness (QED) is 0.742. The monoisotopic (exact) mass is 401 g/mol. The molecule has 7 heteroatoms. The molecule has 1 saturated carbocycles. The maximum absolute atomic E-state index is 13.0. The van der Waals surface area contributed by atoms with E-state index in [1.807, 2.05) is 0 Å². The fourth-order valence-electron chi connectivity index (χ4n) is 2.58. The molecule has 1 aromatic rings. The summed E-state index contributed by atoms with van der Waals surface area (Å²) < 4.78 is 23.7. The van der Waals surface area contributed by atoms with Crippen LogP contribution in [-0.4, -0.2) is 30.6 Å². The zero-order valence-electron chi connectivity index (χ0n) is 13.5. The molecule has 0 aromatic heterocycles. The van der Waals surface area contributed by atoms with E-state index in [4.69, 9.17) is 9.47 Å². The molecule has 1 aromatic carbocycles. The lowest BCUT2D eigenvalue weighted by Crippen LogP contribution is -2.43. The third kappa shape index (κ3) is 5.78. The summed E-state index contributed by atoms with van der Waals surface area (Å²) >= 11 is 3.15. The first-order chi connectivity index (χ1) is 11.5. The molecule has 1 N–H and O–H groups in total. The van der Waals surface area contributed by atoms with E-state index in [9.17, 15) is 14.0 Å². The number of carbonyl (C=O) groups is 2. The van der Waals surface area contributed by atoms with Gasteiger partial charge >= 0.3 is 5.97 Å². The Labute approximate surface area is 149 Å². The number of benzene rings is 1. The van der Waals surface area contributed by atoms with Crippen molar-refractivity contribution >= 4 is 27.8 Å². The Morgan fingerprint density at radius 3 is 2.71 bits per heavy atom. The highest BCUT2D eigenvalue weighted by atomic mass is 79.9. The van der Waals surface area contributed by atoms with Gasteiger partial charge < -0.3 is 14.8 Å². The Balaban J connectivity index is 1.75. The van der Waals surface area contributed by atoms with Crippen LogP contribution >= 0.6 is 15.9 Å². The average Bonchev–Trinajstić information content (AvgIpc) is 2.55. The smallest absolute Gasteiger partial charge is 0.344 e. The molecule has 0 heterocycles. The molecule has 0 unspecified atom stereocenters. The first-order valence-corrected chi connectivity index (χ1v) is 8.82. The first kappa shape index (κ1) is 18.7. The summed E-state index contributed by atoms with van der Waals surface area (Å²) in [5, 5.41) is 2.91. The molecule has 0 aliphatic heterocycles. The van der Waals surface area contributed by atoms with Gasteiger partial charge in [0.1, 0.15) is 11.6 Å². The lowest BCUT2D eigenvalue weighted by molar-refractivity contribution is -0.156. The van der Waals surface area contributed by atoms with Gasteiger partial charge in [0.2, 0.25) is 0 Å². The molecular weight excluding hydrogens is 381 g/mol. The molecule has 24 heavy (non-hydrogen) atoms. The van der Waals surface area contributed by atoms with Gasteiger partial charge in [0, 0.05) is 6.04 Å². The summed E-state index contributed by atoms with van der Waals surface area (Å²) in [5.41, 5.74) is 0. The van der Waals surface area contributed by atoms with Crippen LogP contribution in [-0.2, 0) is 14.3 Å². The maximum atomic E-state index is 13.0. The number of amides is 1. The summed E-state index contributed by atoms with van der Waals surface area (Å²) in [4.78, 5) is 23.8. The van der Waals surface area contributed by atoms with E-state index in [2.05, 4.69) is 21.2 Å². The van der Waals surface area contributed by atoms with Crippen LogP contribution in [0.25, 0.3) is 0 Å². The SMILES string of the molecule is C[C@H](OC(=O)COc1ccc(F)cc1Br)C(=O)NC1CCCCC1. The van der Waals surface area contributed by atoms with Crippen molar-refractivity contribution < 1.29 is 23.5 Å². The van der Waals surface area contributed by atoms with E-state index in [0.717, 1.165) is 25.7 Å². The number of nitrogens with one attached hydrogen (secondary N) is 1. The van der Waals surface area contributed by atoms with Crippen LogP contribution in [0, 0.1) is 5.82 Å². The van der Waals surface area contributed by atoms with Crippen LogP contribution in [0.2, 0.25) is 0 Å². The zero-order valence-corrected chi connectivity index (χ0v) is 15.1. The molecule has 0 spiro atoms. The Morgan fingerprint density at radius 2 is 2.04 bits per heavy atom. The number of esters is 1. The number of carbonyl (C=O) groups excluding carboxylic acids is 2. The second-order valence-corrected chi connectivity index (χ2v) is 6.69. The molecule has 5 nitrogen and oxygen atoms in total. The van der Waals surface area contributed by atoms with Crippen molar-refractivity contribution in [3.8, 4) is 5.75 Å². The van der Waals surface area contributed by atoms with E-state index >= 15 is 0 Å². The molecular formula is C17H21BrFNO4. The normalized spacial score (nSPS) is 16.3. The van der Waals surface area contributed by atoms with Crippen LogP contribution in [0.3, 0.4) is 0 Å². The highest BCUT2D eigenvalue weighted by molar-refractivity contribution is 9.10. The summed E-state index contributed by atoms with van der Waals surface area (Å²) in [7, 11) is 0. The second-order valence-electron chi connectivity index (χ2n) is 5.84. The Hall–Kier alpha value is -1.63. The first-order valence-electron chi connectivity index (χ1n) is 8.03. The number of ether oxygens (including phenoxy) is 2. The number of halogens is 2.